The molecule has 0 saturated carbocycles. The van der Waals surface area contributed by atoms with E-state index in [9.17, 15) is 4.79 Å². The average molecular weight is 252 g/mol. The molecule has 1 fully saturated rings. The summed E-state index contributed by atoms with van der Waals surface area (Å²) >= 11 is 0. The maximum Gasteiger partial charge on any atom is 0.404 e. The Bertz CT molecular complexity index is 349. The highest BCUT2D eigenvalue weighted by atomic mass is 16.5. The van der Waals surface area contributed by atoms with Crippen LogP contribution in [-0.4, -0.2) is 30.4 Å². The van der Waals surface area contributed by atoms with Gasteiger partial charge < -0.3 is 20.9 Å². The maximum atomic E-state index is 10.2. The van der Waals surface area contributed by atoms with Gasteiger partial charge in [-0.15, -0.1) is 0 Å². The predicted octanol–water partition coefficient (Wildman–Crippen LogP) is 0.868. The zero-order valence-electron chi connectivity index (χ0n) is 10.5. The summed E-state index contributed by atoms with van der Waals surface area (Å²) in [6.45, 7) is 4.04. The summed E-state index contributed by atoms with van der Waals surface area (Å²) < 4.78 is 4.57. The van der Waals surface area contributed by atoms with E-state index in [2.05, 4.69) is 10.1 Å². The van der Waals surface area contributed by atoms with Crippen molar-refractivity contribution in [3.63, 3.8) is 0 Å². The molecule has 1 aromatic carbocycles. The van der Waals surface area contributed by atoms with Crippen LogP contribution in [0.25, 0.3) is 0 Å². The molecule has 1 aliphatic heterocycles. The monoisotopic (exact) mass is 252 g/mol. The first-order valence-electron chi connectivity index (χ1n) is 5.94. The zero-order chi connectivity index (χ0) is 13.4. The smallest absolute Gasteiger partial charge is 0.404 e. The van der Waals surface area contributed by atoms with Crippen molar-refractivity contribution >= 4 is 6.09 Å². The minimum absolute atomic E-state index is 0.0972. The van der Waals surface area contributed by atoms with E-state index >= 15 is 0 Å². The van der Waals surface area contributed by atoms with E-state index in [-0.39, 0.29) is 12.7 Å². The van der Waals surface area contributed by atoms with Crippen molar-refractivity contribution in [3.8, 4) is 0 Å². The van der Waals surface area contributed by atoms with Gasteiger partial charge in [0.2, 0.25) is 0 Å². The SMILES string of the molecule is CC1CNCC1O.NC(=O)OCc1ccccc1. The van der Waals surface area contributed by atoms with Gasteiger partial charge in [-0.1, -0.05) is 37.3 Å². The number of amides is 1. The molecule has 5 nitrogen and oxygen atoms in total. The van der Waals surface area contributed by atoms with Crippen molar-refractivity contribution in [2.24, 2.45) is 11.7 Å². The number of aliphatic hydroxyl groups is 1. The molecule has 0 radical (unpaired) electrons. The van der Waals surface area contributed by atoms with Crippen LogP contribution in [0.3, 0.4) is 0 Å². The van der Waals surface area contributed by atoms with Gasteiger partial charge in [0.1, 0.15) is 6.61 Å². The maximum absolute atomic E-state index is 10.2. The number of β-amino-alcohol motifs (C(OH)–C–C–N with tert-alkyl or cyclic N) is 1. The first kappa shape index (κ1) is 14.5. The summed E-state index contributed by atoms with van der Waals surface area (Å²) in [6, 6.07) is 9.37. The Labute approximate surface area is 107 Å². The van der Waals surface area contributed by atoms with E-state index in [0.29, 0.717) is 5.92 Å². The third-order valence-corrected chi connectivity index (χ3v) is 2.70. The van der Waals surface area contributed by atoms with E-state index in [0.717, 1.165) is 18.7 Å². The van der Waals surface area contributed by atoms with Crippen LogP contribution < -0.4 is 11.1 Å². The van der Waals surface area contributed by atoms with Crippen molar-refractivity contribution in [1.29, 1.82) is 0 Å². The highest BCUT2D eigenvalue weighted by Gasteiger charge is 2.18. The Morgan fingerprint density at radius 3 is 2.50 bits per heavy atom. The number of carbonyl (C=O) groups excluding carboxylic acids is 1. The van der Waals surface area contributed by atoms with E-state index < -0.39 is 6.09 Å². The van der Waals surface area contributed by atoms with Crippen LogP contribution in [0.2, 0.25) is 0 Å². The van der Waals surface area contributed by atoms with Crippen LogP contribution in [0.5, 0.6) is 0 Å². The largest absolute Gasteiger partial charge is 0.445 e. The molecule has 2 atom stereocenters. The van der Waals surface area contributed by atoms with Crippen molar-refractivity contribution in [1.82, 2.24) is 5.32 Å². The average Bonchev–Trinajstić information content (AvgIpc) is 2.73. The number of rotatable bonds is 2. The summed E-state index contributed by atoms with van der Waals surface area (Å²) in [5.41, 5.74) is 5.72. The van der Waals surface area contributed by atoms with Crippen LogP contribution in [-0.2, 0) is 11.3 Å². The molecule has 1 saturated heterocycles. The minimum atomic E-state index is -0.742. The minimum Gasteiger partial charge on any atom is -0.445 e. The van der Waals surface area contributed by atoms with Crippen molar-refractivity contribution in [2.75, 3.05) is 13.1 Å². The van der Waals surface area contributed by atoms with E-state index in [1.165, 1.54) is 0 Å². The summed E-state index contributed by atoms with van der Waals surface area (Å²) in [5, 5.41) is 12.0. The number of hydrogen-bond donors (Lipinski definition) is 3. The van der Waals surface area contributed by atoms with Crippen molar-refractivity contribution in [2.45, 2.75) is 19.6 Å². The van der Waals surface area contributed by atoms with Gasteiger partial charge in [0.05, 0.1) is 6.10 Å². The van der Waals surface area contributed by atoms with Gasteiger partial charge in [0.25, 0.3) is 0 Å². The Morgan fingerprint density at radius 2 is 2.11 bits per heavy atom. The lowest BCUT2D eigenvalue weighted by molar-refractivity contribution is 0.150. The van der Waals surface area contributed by atoms with Crippen LogP contribution >= 0.6 is 0 Å². The molecule has 100 valence electrons. The molecular weight excluding hydrogens is 232 g/mol. The Balaban J connectivity index is 0.000000199. The van der Waals surface area contributed by atoms with Crippen molar-refractivity contribution in [3.05, 3.63) is 35.9 Å². The Hall–Kier alpha value is -1.59. The van der Waals surface area contributed by atoms with Crippen LogP contribution in [0.15, 0.2) is 30.3 Å². The number of ether oxygens (including phenoxy) is 1. The molecule has 1 aliphatic rings. The molecule has 0 aromatic heterocycles. The fraction of sp³-hybridized carbons (Fsp3) is 0.462. The quantitative estimate of drug-likeness (QED) is 0.729. The summed E-state index contributed by atoms with van der Waals surface area (Å²) in [6.07, 6.45) is -0.839. The lowest BCUT2D eigenvalue weighted by atomic mass is 10.1. The first-order valence-corrected chi connectivity index (χ1v) is 5.94. The van der Waals surface area contributed by atoms with E-state index in [1.54, 1.807) is 0 Å². The number of nitrogens with one attached hydrogen (secondary N) is 1. The molecule has 2 unspecified atom stereocenters. The summed E-state index contributed by atoms with van der Waals surface area (Å²) in [4.78, 5) is 10.2. The third kappa shape index (κ3) is 5.65. The summed E-state index contributed by atoms with van der Waals surface area (Å²) in [5.74, 6) is 0.458. The fourth-order valence-electron chi connectivity index (χ4n) is 1.52. The molecule has 2 rings (SSSR count). The summed E-state index contributed by atoms with van der Waals surface area (Å²) in [7, 11) is 0. The number of nitrogens with two attached hydrogens (primary N) is 1. The van der Waals surface area contributed by atoms with Gasteiger partial charge in [-0.05, 0) is 11.5 Å². The first-order chi connectivity index (χ1) is 8.59. The van der Waals surface area contributed by atoms with Gasteiger partial charge in [-0.3, -0.25) is 0 Å². The predicted molar refractivity (Wildman–Crippen MR) is 68.9 cm³/mol. The second kappa shape index (κ2) is 7.68. The van der Waals surface area contributed by atoms with Gasteiger partial charge in [-0.2, -0.15) is 0 Å². The van der Waals surface area contributed by atoms with E-state index in [4.69, 9.17) is 10.8 Å². The molecule has 18 heavy (non-hydrogen) atoms. The standard InChI is InChI=1S/C8H9NO2.C5H11NO/c9-8(10)11-6-7-4-2-1-3-5-7;1-4-2-6-3-5(4)7/h1-5H,6H2,(H2,9,10);4-7H,2-3H2,1H3. The molecule has 0 aliphatic carbocycles. The highest BCUT2D eigenvalue weighted by molar-refractivity contribution is 5.64. The van der Waals surface area contributed by atoms with Gasteiger partial charge >= 0.3 is 6.09 Å². The molecular formula is C13H20N2O3. The molecule has 1 amide bonds. The zero-order valence-corrected chi connectivity index (χ0v) is 10.5. The lowest BCUT2D eigenvalue weighted by Crippen LogP contribution is -2.14. The Morgan fingerprint density at radius 1 is 1.44 bits per heavy atom. The molecule has 0 spiro atoms. The molecule has 1 aromatic rings. The van der Waals surface area contributed by atoms with Crippen LogP contribution in [0, 0.1) is 5.92 Å². The number of primary amides is 1. The lowest BCUT2D eigenvalue weighted by Gasteiger charge is -2.02. The van der Waals surface area contributed by atoms with Crippen LogP contribution in [0.1, 0.15) is 12.5 Å². The Kier molecular flexibility index (Phi) is 6.18. The normalized spacial score (nSPS) is 21.9. The number of carbonyl (C=O) groups is 1. The highest BCUT2D eigenvalue weighted by Crippen LogP contribution is 2.05. The second-order valence-electron chi connectivity index (χ2n) is 4.30. The third-order valence-electron chi connectivity index (χ3n) is 2.70. The van der Waals surface area contributed by atoms with Gasteiger partial charge in [0, 0.05) is 13.1 Å². The van der Waals surface area contributed by atoms with Crippen LogP contribution in [0.4, 0.5) is 4.79 Å². The number of benzene rings is 1. The topological polar surface area (TPSA) is 84.6 Å². The van der Waals surface area contributed by atoms with Gasteiger partial charge in [-0.25, -0.2) is 4.79 Å². The molecule has 5 heteroatoms. The van der Waals surface area contributed by atoms with Gasteiger partial charge in [0.15, 0.2) is 0 Å². The second-order valence-corrected chi connectivity index (χ2v) is 4.30. The fourth-order valence-corrected chi connectivity index (χ4v) is 1.52. The molecule has 4 N–H and O–H groups in total. The number of hydrogen-bond acceptors (Lipinski definition) is 4. The number of aliphatic hydroxyl groups excluding tert-OH is 1. The molecule has 1 heterocycles. The van der Waals surface area contributed by atoms with E-state index in [1.807, 2.05) is 37.3 Å². The van der Waals surface area contributed by atoms with Crippen molar-refractivity contribution < 1.29 is 14.6 Å². The molecule has 0 bridgehead atoms.